The molecule has 0 fully saturated rings. The summed E-state index contributed by atoms with van der Waals surface area (Å²) in [5.41, 5.74) is 2.02. The standard InChI is InChI=1S/C18H28O3/c1-6-21-18(20)16(13(4)5)17(19)15-9-7-14(8-10-15)11-12(2)3/h7-10,12-13,16-17,19H,6,11H2,1-5H3. The Kier molecular flexibility index (Phi) is 6.90. The van der Waals surface area contributed by atoms with Crippen molar-refractivity contribution in [1.29, 1.82) is 0 Å². The number of aliphatic hydroxyl groups is 1. The first-order valence-electron chi connectivity index (χ1n) is 7.80. The van der Waals surface area contributed by atoms with Crippen LogP contribution in [0.4, 0.5) is 0 Å². The lowest BCUT2D eigenvalue weighted by Gasteiger charge is -2.25. The van der Waals surface area contributed by atoms with Crippen molar-refractivity contribution in [3.63, 3.8) is 0 Å². The van der Waals surface area contributed by atoms with Gasteiger partial charge < -0.3 is 9.84 Å². The van der Waals surface area contributed by atoms with Crippen LogP contribution in [0.1, 0.15) is 51.8 Å². The summed E-state index contributed by atoms with van der Waals surface area (Å²) < 4.78 is 5.09. The van der Waals surface area contributed by atoms with Crippen molar-refractivity contribution in [2.45, 2.75) is 47.1 Å². The van der Waals surface area contributed by atoms with E-state index in [1.165, 1.54) is 5.56 Å². The van der Waals surface area contributed by atoms with Crippen molar-refractivity contribution >= 4 is 5.97 Å². The lowest BCUT2D eigenvalue weighted by Crippen LogP contribution is -2.29. The van der Waals surface area contributed by atoms with E-state index in [4.69, 9.17) is 4.74 Å². The van der Waals surface area contributed by atoms with E-state index < -0.39 is 12.0 Å². The Hall–Kier alpha value is -1.35. The van der Waals surface area contributed by atoms with Gasteiger partial charge in [0.1, 0.15) is 0 Å². The Balaban J connectivity index is 2.88. The van der Waals surface area contributed by atoms with Gasteiger partial charge in [0.25, 0.3) is 0 Å². The van der Waals surface area contributed by atoms with E-state index in [9.17, 15) is 9.90 Å². The zero-order chi connectivity index (χ0) is 16.0. The minimum Gasteiger partial charge on any atom is -0.466 e. The molecule has 1 rings (SSSR count). The smallest absolute Gasteiger partial charge is 0.312 e. The zero-order valence-electron chi connectivity index (χ0n) is 13.8. The molecule has 1 aromatic carbocycles. The largest absolute Gasteiger partial charge is 0.466 e. The van der Waals surface area contributed by atoms with Crippen LogP contribution in [0.5, 0.6) is 0 Å². The molecule has 0 heterocycles. The Morgan fingerprint density at radius 3 is 2.14 bits per heavy atom. The fourth-order valence-electron chi connectivity index (χ4n) is 2.53. The van der Waals surface area contributed by atoms with Crippen molar-refractivity contribution in [3.8, 4) is 0 Å². The molecule has 0 aliphatic rings. The Labute approximate surface area is 128 Å². The number of carbonyl (C=O) groups is 1. The summed E-state index contributed by atoms with van der Waals surface area (Å²) in [7, 11) is 0. The predicted octanol–water partition coefficient (Wildman–Crippen LogP) is 3.75. The maximum absolute atomic E-state index is 12.0. The molecule has 2 atom stereocenters. The topological polar surface area (TPSA) is 46.5 Å². The summed E-state index contributed by atoms with van der Waals surface area (Å²) in [6, 6.07) is 7.89. The molecular weight excluding hydrogens is 264 g/mol. The van der Waals surface area contributed by atoms with Gasteiger partial charge >= 0.3 is 5.97 Å². The number of carbonyl (C=O) groups excluding carboxylic acids is 1. The number of hydrogen-bond donors (Lipinski definition) is 1. The zero-order valence-corrected chi connectivity index (χ0v) is 13.8. The highest BCUT2D eigenvalue weighted by molar-refractivity contribution is 5.73. The number of aliphatic hydroxyl groups excluding tert-OH is 1. The van der Waals surface area contributed by atoms with E-state index in [0.717, 1.165) is 12.0 Å². The van der Waals surface area contributed by atoms with E-state index in [2.05, 4.69) is 13.8 Å². The van der Waals surface area contributed by atoms with Crippen LogP contribution in [-0.4, -0.2) is 17.7 Å². The van der Waals surface area contributed by atoms with Crippen LogP contribution in [0.15, 0.2) is 24.3 Å². The van der Waals surface area contributed by atoms with Gasteiger partial charge in [0.05, 0.1) is 18.6 Å². The summed E-state index contributed by atoms with van der Waals surface area (Å²) >= 11 is 0. The van der Waals surface area contributed by atoms with E-state index in [1.807, 2.05) is 38.1 Å². The summed E-state index contributed by atoms with van der Waals surface area (Å²) in [5.74, 6) is -0.231. The van der Waals surface area contributed by atoms with Gasteiger partial charge in [0.15, 0.2) is 0 Å². The van der Waals surface area contributed by atoms with Crippen LogP contribution in [-0.2, 0) is 16.0 Å². The van der Waals surface area contributed by atoms with Crippen LogP contribution in [0.3, 0.4) is 0 Å². The molecule has 0 spiro atoms. The van der Waals surface area contributed by atoms with Crippen molar-refractivity contribution in [2.75, 3.05) is 6.61 Å². The highest BCUT2D eigenvalue weighted by Gasteiger charge is 2.32. The molecule has 1 N–H and O–H groups in total. The fraction of sp³-hybridized carbons (Fsp3) is 0.611. The van der Waals surface area contributed by atoms with Crippen molar-refractivity contribution < 1.29 is 14.6 Å². The highest BCUT2D eigenvalue weighted by atomic mass is 16.5. The quantitative estimate of drug-likeness (QED) is 0.778. The van der Waals surface area contributed by atoms with E-state index >= 15 is 0 Å². The van der Waals surface area contributed by atoms with Gasteiger partial charge in [-0.15, -0.1) is 0 Å². The molecule has 1 aromatic rings. The maximum Gasteiger partial charge on any atom is 0.312 e. The Bertz CT molecular complexity index is 434. The SMILES string of the molecule is CCOC(=O)C(C(C)C)C(O)c1ccc(CC(C)C)cc1. The lowest BCUT2D eigenvalue weighted by atomic mass is 9.86. The third kappa shape index (κ3) is 5.16. The van der Waals surface area contributed by atoms with E-state index in [1.54, 1.807) is 6.92 Å². The van der Waals surface area contributed by atoms with Crippen LogP contribution >= 0.6 is 0 Å². The average molecular weight is 292 g/mol. The second-order valence-electron chi connectivity index (χ2n) is 6.31. The first kappa shape index (κ1) is 17.7. The Morgan fingerprint density at radius 1 is 1.14 bits per heavy atom. The van der Waals surface area contributed by atoms with Crippen molar-refractivity contribution in [1.82, 2.24) is 0 Å². The molecule has 118 valence electrons. The monoisotopic (exact) mass is 292 g/mol. The third-order valence-electron chi connectivity index (χ3n) is 3.58. The van der Waals surface area contributed by atoms with Crippen LogP contribution in [0.2, 0.25) is 0 Å². The molecule has 0 aromatic heterocycles. The fourth-order valence-corrected chi connectivity index (χ4v) is 2.53. The average Bonchev–Trinajstić information content (AvgIpc) is 2.38. The second-order valence-corrected chi connectivity index (χ2v) is 6.31. The molecule has 0 saturated carbocycles. The molecule has 0 aliphatic carbocycles. The molecule has 0 bridgehead atoms. The summed E-state index contributed by atoms with van der Waals surface area (Å²) in [6.45, 7) is 10.3. The molecule has 0 amide bonds. The Morgan fingerprint density at radius 2 is 1.71 bits per heavy atom. The lowest BCUT2D eigenvalue weighted by molar-refractivity contribution is -0.154. The van der Waals surface area contributed by atoms with Gasteiger partial charge in [0, 0.05) is 0 Å². The molecule has 2 unspecified atom stereocenters. The number of benzene rings is 1. The van der Waals surface area contributed by atoms with Crippen LogP contribution < -0.4 is 0 Å². The summed E-state index contributed by atoms with van der Waals surface area (Å²) in [6.07, 6.45) is 0.194. The molecule has 0 radical (unpaired) electrons. The van der Waals surface area contributed by atoms with Gasteiger partial charge in [-0.1, -0.05) is 52.0 Å². The number of ether oxygens (including phenoxy) is 1. The molecular formula is C18H28O3. The summed E-state index contributed by atoms with van der Waals surface area (Å²) in [5, 5.41) is 10.5. The van der Waals surface area contributed by atoms with Gasteiger partial charge in [-0.05, 0) is 36.3 Å². The van der Waals surface area contributed by atoms with Gasteiger partial charge in [-0.2, -0.15) is 0 Å². The van der Waals surface area contributed by atoms with Gasteiger partial charge in [-0.25, -0.2) is 0 Å². The minimum absolute atomic E-state index is 0.0226. The predicted molar refractivity (Wildman–Crippen MR) is 84.9 cm³/mol. The first-order valence-corrected chi connectivity index (χ1v) is 7.80. The molecule has 3 heteroatoms. The van der Waals surface area contributed by atoms with Gasteiger partial charge in [-0.3, -0.25) is 4.79 Å². The minimum atomic E-state index is -0.822. The second kappa shape index (κ2) is 8.18. The molecule has 3 nitrogen and oxygen atoms in total. The maximum atomic E-state index is 12.0. The normalized spacial score (nSPS) is 14.3. The number of esters is 1. The van der Waals surface area contributed by atoms with Crippen molar-refractivity contribution in [2.24, 2.45) is 17.8 Å². The van der Waals surface area contributed by atoms with Crippen molar-refractivity contribution in [3.05, 3.63) is 35.4 Å². The third-order valence-corrected chi connectivity index (χ3v) is 3.58. The summed E-state index contributed by atoms with van der Waals surface area (Å²) in [4.78, 5) is 12.0. The number of rotatable bonds is 7. The van der Waals surface area contributed by atoms with Gasteiger partial charge in [0.2, 0.25) is 0 Å². The molecule has 0 aliphatic heterocycles. The molecule has 21 heavy (non-hydrogen) atoms. The van der Waals surface area contributed by atoms with Crippen LogP contribution in [0.25, 0.3) is 0 Å². The van der Waals surface area contributed by atoms with E-state index in [0.29, 0.717) is 12.5 Å². The van der Waals surface area contributed by atoms with E-state index in [-0.39, 0.29) is 11.9 Å². The first-order chi connectivity index (χ1) is 9.86. The highest BCUT2D eigenvalue weighted by Crippen LogP contribution is 2.29. The molecule has 0 saturated heterocycles. The van der Waals surface area contributed by atoms with Crippen LogP contribution in [0, 0.1) is 17.8 Å². The number of hydrogen-bond acceptors (Lipinski definition) is 3.